The van der Waals surface area contributed by atoms with Crippen molar-refractivity contribution in [2.75, 3.05) is 7.05 Å². The summed E-state index contributed by atoms with van der Waals surface area (Å²) in [7, 11) is 1.57. The summed E-state index contributed by atoms with van der Waals surface area (Å²) in [5, 5.41) is 2.56. The summed E-state index contributed by atoms with van der Waals surface area (Å²) in [4.78, 5) is 15.9. The summed E-state index contributed by atoms with van der Waals surface area (Å²) in [6, 6.07) is 11.3. The minimum absolute atomic E-state index is 0.261. The number of ether oxygens (including phenoxy) is 1. The fourth-order valence-electron chi connectivity index (χ4n) is 1.93. The van der Waals surface area contributed by atoms with Crippen molar-refractivity contribution in [3.8, 4) is 11.5 Å². The molecule has 0 saturated carbocycles. The Morgan fingerprint density at radius 1 is 1.15 bits per heavy atom. The molecular weight excluding hydrogens is 252 g/mol. The van der Waals surface area contributed by atoms with Gasteiger partial charge in [0.2, 0.25) is 0 Å². The van der Waals surface area contributed by atoms with Crippen LogP contribution < -0.4 is 10.1 Å². The molecule has 0 atom stereocenters. The van der Waals surface area contributed by atoms with Gasteiger partial charge in [-0.1, -0.05) is 32.0 Å². The van der Waals surface area contributed by atoms with E-state index in [0.29, 0.717) is 11.7 Å². The van der Waals surface area contributed by atoms with E-state index in [1.807, 2.05) is 24.3 Å². The van der Waals surface area contributed by atoms with Gasteiger partial charge in [0.1, 0.15) is 5.75 Å². The number of aromatic nitrogens is 1. The van der Waals surface area contributed by atoms with E-state index in [-0.39, 0.29) is 11.6 Å². The number of rotatable bonds is 4. The van der Waals surface area contributed by atoms with Crippen molar-refractivity contribution in [3.05, 3.63) is 53.9 Å². The lowest BCUT2D eigenvalue weighted by atomic mass is 10.0. The Morgan fingerprint density at radius 3 is 2.55 bits per heavy atom. The van der Waals surface area contributed by atoms with Crippen LogP contribution in [0.2, 0.25) is 0 Å². The number of amides is 1. The van der Waals surface area contributed by atoms with E-state index >= 15 is 0 Å². The third kappa shape index (κ3) is 2.96. The highest BCUT2D eigenvalue weighted by molar-refractivity contribution is 5.94. The van der Waals surface area contributed by atoms with Gasteiger partial charge in [-0.15, -0.1) is 0 Å². The molecule has 1 amide bonds. The maximum Gasteiger partial charge on any atom is 0.273 e. The largest absolute Gasteiger partial charge is 0.455 e. The molecule has 2 rings (SSSR count). The minimum Gasteiger partial charge on any atom is -0.455 e. The van der Waals surface area contributed by atoms with Crippen LogP contribution in [0.4, 0.5) is 0 Å². The average Bonchev–Trinajstić information content (AvgIpc) is 2.47. The minimum atomic E-state index is -0.261. The SMILES string of the molecule is CNC(=O)c1ncccc1Oc1ccccc1C(C)C. The summed E-state index contributed by atoms with van der Waals surface area (Å²) in [5.74, 6) is 1.29. The Labute approximate surface area is 118 Å². The van der Waals surface area contributed by atoms with Crippen molar-refractivity contribution in [2.24, 2.45) is 0 Å². The number of pyridine rings is 1. The number of carbonyl (C=O) groups is 1. The van der Waals surface area contributed by atoms with Crippen LogP contribution in [0.15, 0.2) is 42.6 Å². The Balaban J connectivity index is 2.38. The maximum absolute atomic E-state index is 11.8. The second-order valence-electron chi connectivity index (χ2n) is 4.72. The van der Waals surface area contributed by atoms with E-state index in [4.69, 9.17) is 4.74 Å². The first-order valence-corrected chi connectivity index (χ1v) is 6.57. The lowest BCUT2D eigenvalue weighted by Crippen LogP contribution is -2.19. The molecule has 0 fully saturated rings. The van der Waals surface area contributed by atoms with Gasteiger partial charge in [-0.25, -0.2) is 4.98 Å². The lowest BCUT2D eigenvalue weighted by Gasteiger charge is -2.14. The topological polar surface area (TPSA) is 51.2 Å². The third-order valence-corrected chi connectivity index (χ3v) is 2.97. The van der Waals surface area contributed by atoms with Gasteiger partial charge in [0.25, 0.3) is 5.91 Å². The molecule has 0 unspecified atom stereocenters. The summed E-state index contributed by atoms with van der Waals surface area (Å²) in [6.45, 7) is 4.20. The quantitative estimate of drug-likeness (QED) is 0.926. The van der Waals surface area contributed by atoms with Crippen molar-refractivity contribution in [1.29, 1.82) is 0 Å². The van der Waals surface area contributed by atoms with Crippen LogP contribution in [-0.4, -0.2) is 17.9 Å². The average molecular weight is 270 g/mol. The first-order chi connectivity index (χ1) is 9.63. The van der Waals surface area contributed by atoms with Gasteiger partial charge in [0.15, 0.2) is 11.4 Å². The Hall–Kier alpha value is -2.36. The number of para-hydroxylation sites is 1. The van der Waals surface area contributed by atoms with Gasteiger partial charge in [0.05, 0.1) is 0 Å². The van der Waals surface area contributed by atoms with Gasteiger partial charge in [-0.3, -0.25) is 4.79 Å². The summed E-state index contributed by atoms with van der Waals surface area (Å²) in [6.07, 6.45) is 1.58. The van der Waals surface area contributed by atoms with Crippen LogP contribution in [0.25, 0.3) is 0 Å². The van der Waals surface area contributed by atoms with Crippen molar-refractivity contribution < 1.29 is 9.53 Å². The van der Waals surface area contributed by atoms with Crippen LogP contribution in [0.5, 0.6) is 11.5 Å². The lowest BCUT2D eigenvalue weighted by molar-refractivity contribution is 0.0955. The van der Waals surface area contributed by atoms with Crippen LogP contribution in [0.1, 0.15) is 35.8 Å². The van der Waals surface area contributed by atoms with Crippen LogP contribution in [0.3, 0.4) is 0 Å². The normalized spacial score (nSPS) is 10.4. The van der Waals surface area contributed by atoms with Gasteiger partial charge in [-0.05, 0) is 29.7 Å². The van der Waals surface area contributed by atoms with Crippen molar-refractivity contribution in [1.82, 2.24) is 10.3 Å². The monoisotopic (exact) mass is 270 g/mol. The van der Waals surface area contributed by atoms with Crippen molar-refractivity contribution >= 4 is 5.91 Å². The van der Waals surface area contributed by atoms with Gasteiger partial charge in [-0.2, -0.15) is 0 Å². The second kappa shape index (κ2) is 6.19. The molecule has 0 aliphatic heterocycles. The molecule has 4 heteroatoms. The molecule has 20 heavy (non-hydrogen) atoms. The zero-order valence-corrected chi connectivity index (χ0v) is 11.9. The first-order valence-electron chi connectivity index (χ1n) is 6.57. The van der Waals surface area contributed by atoms with E-state index in [0.717, 1.165) is 11.3 Å². The Morgan fingerprint density at radius 2 is 1.85 bits per heavy atom. The standard InChI is InChI=1S/C16H18N2O2/c1-11(2)12-7-4-5-8-13(12)20-14-9-6-10-18-15(14)16(19)17-3/h4-11H,1-3H3,(H,17,19). The van der Waals surface area contributed by atoms with Crippen LogP contribution >= 0.6 is 0 Å². The molecule has 2 aromatic rings. The molecule has 0 saturated heterocycles. The van der Waals surface area contributed by atoms with Crippen molar-refractivity contribution in [3.63, 3.8) is 0 Å². The zero-order valence-electron chi connectivity index (χ0n) is 11.9. The predicted molar refractivity (Wildman–Crippen MR) is 78.2 cm³/mol. The summed E-state index contributed by atoms with van der Waals surface area (Å²) < 4.78 is 5.90. The summed E-state index contributed by atoms with van der Waals surface area (Å²) in [5.41, 5.74) is 1.38. The van der Waals surface area contributed by atoms with Gasteiger partial charge < -0.3 is 10.1 Å². The molecule has 0 aliphatic carbocycles. The molecule has 0 radical (unpaired) electrons. The fraction of sp³-hybridized carbons (Fsp3) is 0.250. The third-order valence-electron chi connectivity index (χ3n) is 2.97. The molecular formula is C16H18N2O2. The molecule has 0 aliphatic rings. The smallest absolute Gasteiger partial charge is 0.273 e. The zero-order chi connectivity index (χ0) is 14.5. The maximum atomic E-state index is 11.8. The second-order valence-corrected chi connectivity index (χ2v) is 4.72. The molecule has 1 aromatic heterocycles. The molecule has 1 heterocycles. The van der Waals surface area contributed by atoms with Gasteiger partial charge >= 0.3 is 0 Å². The number of benzene rings is 1. The molecule has 0 bridgehead atoms. The van der Waals surface area contributed by atoms with Crippen molar-refractivity contribution in [2.45, 2.75) is 19.8 Å². The number of nitrogens with one attached hydrogen (secondary N) is 1. The predicted octanol–water partition coefficient (Wildman–Crippen LogP) is 3.36. The van der Waals surface area contributed by atoms with E-state index in [1.165, 1.54) is 0 Å². The number of carbonyl (C=O) groups excluding carboxylic acids is 1. The molecule has 1 N–H and O–H groups in total. The number of nitrogens with zero attached hydrogens (tertiary/aromatic N) is 1. The van der Waals surface area contributed by atoms with E-state index in [1.54, 1.807) is 25.4 Å². The fourth-order valence-corrected chi connectivity index (χ4v) is 1.93. The Kier molecular flexibility index (Phi) is 4.35. The number of hydrogen-bond acceptors (Lipinski definition) is 3. The highest BCUT2D eigenvalue weighted by atomic mass is 16.5. The molecule has 4 nitrogen and oxygen atoms in total. The molecule has 1 aromatic carbocycles. The van der Waals surface area contributed by atoms with Gasteiger partial charge in [0, 0.05) is 13.2 Å². The van der Waals surface area contributed by atoms with E-state index < -0.39 is 0 Å². The van der Waals surface area contributed by atoms with Crippen LogP contribution in [-0.2, 0) is 0 Å². The molecule has 0 spiro atoms. The van der Waals surface area contributed by atoms with Crippen LogP contribution in [0, 0.1) is 0 Å². The first kappa shape index (κ1) is 14.1. The molecule has 104 valence electrons. The highest BCUT2D eigenvalue weighted by Gasteiger charge is 2.15. The Bertz CT molecular complexity index is 609. The summed E-state index contributed by atoms with van der Waals surface area (Å²) >= 11 is 0. The highest BCUT2D eigenvalue weighted by Crippen LogP contribution is 2.31. The van der Waals surface area contributed by atoms with E-state index in [9.17, 15) is 4.79 Å². The number of hydrogen-bond donors (Lipinski definition) is 1. The van der Waals surface area contributed by atoms with E-state index in [2.05, 4.69) is 24.1 Å².